The van der Waals surface area contributed by atoms with Crippen LogP contribution in [-0.4, -0.2) is 37.8 Å². The zero-order valence-corrected chi connectivity index (χ0v) is 11.9. The molecule has 0 atom stereocenters. The van der Waals surface area contributed by atoms with Crippen LogP contribution < -0.4 is 11.1 Å². The SMILES string of the molecule is N/C(=N/O)c1ccc(S(=O)(=O)CCNC2CCC2)cc1. The summed E-state index contributed by atoms with van der Waals surface area (Å²) in [4.78, 5) is 0.252. The zero-order chi connectivity index (χ0) is 14.6. The molecule has 0 aliphatic heterocycles. The van der Waals surface area contributed by atoms with E-state index in [1.165, 1.54) is 30.7 Å². The molecule has 0 heterocycles. The molecule has 1 aliphatic carbocycles. The van der Waals surface area contributed by atoms with Crippen LogP contribution >= 0.6 is 0 Å². The minimum absolute atomic E-state index is 0.0411. The number of amidine groups is 1. The monoisotopic (exact) mass is 297 g/mol. The maximum absolute atomic E-state index is 12.1. The molecule has 0 bridgehead atoms. The van der Waals surface area contributed by atoms with Gasteiger partial charge in [0.1, 0.15) is 0 Å². The molecule has 1 fully saturated rings. The van der Waals surface area contributed by atoms with Gasteiger partial charge >= 0.3 is 0 Å². The molecule has 2 rings (SSSR count). The van der Waals surface area contributed by atoms with Gasteiger partial charge in [0.25, 0.3) is 0 Å². The van der Waals surface area contributed by atoms with Crippen LogP contribution in [0.3, 0.4) is 0 Å². The highest BCUT2D eigenvalue weighted by molar-refractivity contribution is 7.91. The lowest BCUT2D eigenvalue weighted by atomic mass is 9.93. The molecule has 0 aromatic heterocycles. The third-order valence-corrected chi connectivity index (χ3v) is 5.26. The molecule has 1 saturated carbocycles. The Bertz CT molecular complexity index is 577. The molecule has 1 aromatic carbocycles. The number of oxime groups is 1. The lowest BCUT2D eigenvalue weighted by molar-refractivity contribution is 0.318. The molecule has 0 unspecified atom stereocenters. The lowest BCUT2D eigenvalue weighted by Gasteiger charge is -2.26. The van der Waals surface area contributed by atoms with E-state index in [0.717, 1.165) is 12.8 Å². The standard InChI is InChI=1S/C13H19N3O3S/c14-13(16-17)10-4-6-12(7-5-10)20(18,19)9-8-15-11-2-1-3-11/h4-7,11,15,17H,1-3,8-9H2,(H2,14,16). The highest BCUT2D eigenvalue weighted by Crippen LogP contribution is 2.18. The molecule has 0 saturated heterocycles. The molecular formula is C13H19N3O3S. The second-order valence-corrected chi connectivity index (χ2v) is 7.02. The van der Waals surface area contributed by atoms with Crippen molar-refractivity contribution in [3.63, 3.8) is 0 Å². The predicted molar refractivity (Wildman–Crippen MR) is 76.6 cm³/mol. The number of benzene rings is 1. The normalized spacial score (nSPS) is 16.9. The summed E-state index contributed by atoms with van der Waals surface area (Å²) in [6.07, 6.45) is 3.49. The third kappa shape index (κ3) is 3.49. The summed E-state index contributed by atoms with van der Waals surface area (Å²) < 4.78 is 24.2. The van der Waals surface area contributed by atoms with Crippen molar-refractivity contribution in [1.29, 1.82) is 0 Å². The fourth-order valence-corrected chi connectivity index (χ4v) is 3.19. The minimum Gasteiger partial charge on any atom is -0.409 e. The lowest BCUT2D eigenvalue weighted by Crippen LogP contribution is -2.37. The second kappa shape index (κ2) is 6.23. The highest BCUT2D eigenvalue weighted by Gasteiger charge is 2.19. The van der Waals surface area contributed by atoms with Gasteiger partial charge < -0.3 is 16.3 Å². The Morgan fingerprint density at radius 2 is 2.00 bits per heavy atom. The molecule has 0 radical (unpaired) electrons. The molecule has 4 N–H and O–H groups in total. The van der Waals surface area contributed by atoms with E-state index in [0.29, 0.717) is 18.2 Å². The number of nitrogens with two attached hydrogens (primary N) is 1. The van der Waals surface area contributed by atoms with E-state index in [9.17, 15) is 8.42 Å². The van der Waals surface area contributed by atoms with Crippen LogP contribution in [0.25, 0.3) is 0 Å². The van der Waals surface area contributed by atoms with Crippen molar-refractivity contribution in [3.05, 3.63) is 29.8 Å². The molecule has 20 heavy (non-hydrogen) atoms. The number of rotatable bonds is 6. The molecular weight excluding hydrogens is 278 g/mol. The average molecular weight is 297 g/mol. The quantitative estimate of drug-likeness (QED) is 0.310. The predicted octanol–water partition coefficient (Wildman–Crippen LogP) is 0.697. The van der Waals surface area contributed by atoms with Gasteiger partial charge in [-0.3, -0.25) is 0 Å². The van der Waals surface area contributed by atoms with Crippen LogP contribution in [0, 0.1) is 0 Å². The topological polar surface area (TPSA) is 105 Å². The van der Waals surface area contributed by atoms with Crippen LogP contribution in [0.15, 0.2) is 34.3 Å². The third-order valence-electron chi connectivity index (χ3n) is 3.53. The maximum atomic E-state index is 12.1. The molecule has 1 aromatic rings. The van der Waals surface area contributed by atoms with Crippen molar-refractivity contribution in [2.45, 2.75) is 30.2 Å². The number of nitrogens with one attached hydrogen (secondary N) is 1. The van der Waals surface area contributed by atoms with Gasteiger partial charge in [-0.1, -0.05) is 11.6 Å². The fourth-order valence-electron chi connectivity index (χ4n) is 2.02. The Hall–Kier alpha value is -1.60. The second-order valence-electron chi connectivity index (χ2n) is 4.91. The Morgan fingerprint density at radius 3 is 2.50 bits per heavy atom. The Kier molecular flexibility index (Phi) is 4.61. The van der Waals surface area contributed by atoms with Crippen molar-refractivity contribution in [2.24, 2.45) is 10.9 Å². The maximum Gasteiger partial charge on any atom is 0.179 e. The molecule has 1 aliphatic rings. The first kappa shape index (κ1) is 14.8. The minimum atomic E-state index is -3.29. The van der Waals surface area contributed by atoms with E-state index >= 15 is 0 Å². The highest BCUT2D eigenvalue weighted by atomic mass is 32.2. The van der Waals surface area contributed by atoms with Crippen molar-refractivity contribution in [2.75, 3.05) is 12.3 Å². The molecule has 0 spiro atoms. The van der Waals surface area contributed by atoms with Gasteiger partial charge in [-0.25, -0.2) is 8.42 Å². The van der Waals surface area contributed by atoms with Gasteiger partial charge in [-0.05, 0) is 37.1 Å². The van der Waals surface area contributed by atoms with E-state index in [1.807, 2.05) is 0 Å². The van der Waals surface area contributed by atoms with Gasteiger partial charge in [0, 0.05) is 18.2 Å². The van der Waals surface area contributed by atoms with Crippen LogP contribution in [0.2, 0.25) is 0 Å². The smallest absolute Gasteiger partial charge is 0.179 e. The van der Waals surface area contributed by atoms with Gasteiger partial charge in [0.05, 0.1) is 10.6 Å². The van der Waals surface area contributed by atoms with Crippen molar-refractivity contribution >= 4 is 15.7 Å². The average Bonchev–Trinajstić information content (AvgIpc) is 2.41. The summed E-state index contributed by atoms with van der Waals surface area (Å²) in [5, 5.41) is 14.7. The summed E-state index contributed by atoms with van der Waals surface area (Å²) >= 11 is 0. The summed E-state index contributed by atoms with van der Waals surface area (Å²) in [6.45, 7) is 0.467. The number of nitrogens with zero attached hydrogens (tertiary/aromatic N) is 1. The zero-order valence-electron chi connectivity index (χ0n) is 11.1. The van der Waals surface area contributed by atoms with Gasteiger partial charge in [0.15, 0.2) is 15.7 Å². The van der Waals surface area contributed by atoms with Crippen LogP contribution in [-0.2, 0) is 9.84 Å². The van der Waals surface area contributed by atoms with Crippen LogP contribution in [0.1, 0.15) is 24.8 Å². The van der Waals surface area contributed by atoms with E-state index < -0.39 is 9.84 Å². The number of sulfone groups is 1. The first-order valence-electron chi connectivity index (χ1n) is 6.57. The molecule has 6 nitrogen and oxygen atoms in total. The van der Waals surface area contributed by atoms with Crippen LogP contribution in [0.5, 0.6) is 0 Å². The van der Waals surface area contributed by atoms with E-state index in [2.05, 4.69) is 10.5 Å². The van der Waals surface area contributed by atoms with Crippen molar-refractivity contribution in [3.8, 4) is 0 Å². The summed E-state index contributed by atoms with van der Waals surface area (Å²) in [5.41, 5.74) is 5.91. The van der Waals surface area contributed by atoms with Crippen LogP contribution in [0.4, 0.5) is 0 Å². The van der Waals surface area contributed by atoms with Gasteiger partial charge in [-0.15, -0.1) is 0 Å². The Labute approximate surface area is 118 Å². The number of hydrogen-bond donors (Lipinski definition) is 3. The van der Waals surface area contributed by atoms with Gasteiger partial charge in [-0.2, -0.15) is 0 Å². The summed E-state index contributed by atoms with van der Waals surface area (Å²) in [6, 6.07) is 6.49. The van der Waals surface area contributed by atoms with Crippen molar-refractivity contribution in [1.82, 2.24) is 5.32 Å². The Morgan fingerprint density at radius 1 is 1.35 bits per heavy atom. The molecule has 7 heteroatoms. The number of hydrogen-bond acceptors (Lipinski definition) is 5. The molecule has 110 valence electrons. The summed E-state index contributed by atoms with van der Waals surface area (Å²) in [5.74, 6) is 0.0347. The molecule has 0 amide bonds. The van der Waals surface area contributed by atoms with E-state index in [4.69, 9.17) is 10.9 Å². The largest absolute Gasteiger partial charge is 0.409 e. The summed E-state index contributed by atoms with van der Waals surface area (Å²) in [7, 11) is -3.29. The first-order chi connectivity index (χ1) is 9.53. The van der Waals surface area contributed by atoms with E-state index in [1.54, 1.807) is 0 Å². The van der Waals surface area contributed by atoms with E-state index in [-0.39, 0.29) is 16.5 Å². The first-order valence-corrected chi connectivity index (χ1v) is 8.22. The van der Waals surface area contributed by atoms with Crippen molar-refractivity contribution < 1.29 is 13.6 Å². The fraction of sp³-hybridized carbons (Fsp3) is 0.462. The Balaban J connectivity index is 1.97. The van der Waals surface area contributed by atoms with Gasteiger partial charge in [0.2, 0.25) is 0 Å².